The van der Waals surface area contributed by atoms with E-state index in [9.17, 15) is 14.4 Å². The maximum atomic E-state index is 13.1. The van der Waals surface area contributed by atoms with Crippen LogP contribution in [0.4, 0.5) is 4.79 Å². The first kappa shape index (κ1) is 26.1. The molecular weight excluding hydrogens is 476 g/mol. The van der Waals surface area contributed by atoms with Crippen LogP contribution in [0.25, 0.3) is 0 Å². The predicted molar refractivity (Wildman–Crippen MR) is 128 cm³/mol. The number of halogens is 1. The molecule has 1 N–H and O–H groups in total. The fourth-order valence-electron chi connectivity index (χ4n) is 3.86. The number of esters is 2. The quantitative estimate of drug-likeness (QED) is 0.413. The molecule has 0 fully saturated rings. The molecule has 11 heteroatoms. The van der Waals surface area contributed by atoms with Gasteiger partial charge in [-0.15, -0.1) is 0 Å². The van der Waals surface area contributed by atoms with E-state index < -0.39 is 23.8 Å². The van der Waals surface area contributed by atoms with Gasteiger partial charge in [-0.2, -0.15) is 0 Å². The zero-order valence-electron chi connectivity index (χ0n) is 19.7. The Labute approximate surface area is 207 Å². The number of carbonyl (C=O) groups excluding carboxylic acids is 3. The van der Waals surface area contributed by atoms with Crippen molar-refractivity contribution in [2.45, 2.75) is 19.8 Å². The molecule has 2 aromatic rings. The number of methoxy groups -OCH3 is 1. The maximum absolute atomic E-state index is 13.1. The lowest BCUT2D eigenvalue weighted by Crippen LogP contribution is -2.37. The van der Waals surface area contributed by atoms with Crippen LogP contribution in [0.3, 0.4) is 0 Å². The van der Waals surface area contributed by atoms with E-state index in [2.05, 4.69) is 15.3 Å². The highest BCUT2D eigenvalue weighted by molar-refractivity contribution is 6.31. The van der Waals surface area contributed by atoms with Crippen molar-refractivity contribution in [2.75, 3.05) is 33.5 Å². The number of imidazole rings is 1. The Bertz CT molecular complexity index is 1130. The fraction of sp³-hybridized carbons (Fsp3) is 0.375. The van der Waals surface area contributed by atoms with Crippen LogP contribution in [0.2, 0.25) is 5.02 Å². The molecule has 35 heavy (non-hydrogen) atoms. The molecule has 0 saturated heterocycles. The van der Waals surface area contributed by atoms with Gasteiger partial charge in [-0.3, -0.25) is 14.4 Å². The van der Waals surface area contributed by atoms with Gasteiger partial charge in [-0.1, -0.05) is 29.8 Å². The second-order valence-electron chi connectivity index (χ2n) is 7.59. The summed E-state index contributed by atoms with van der Waals surface area (Å²) in [5.74, 6) is -2.79. The molecule has 0 radical (unpaired) electrons. The van der Waals surface area contributed by atoms with E-state index in [0.29, 0.717) is 22.0 Å². The number of amides is 1. The third kappa shape index (κ3) is 6.14. The Morgan fingerprint density at radius 3 is 2.66 bits per heavy atom. The Balaban J connectivity index is 1.87. The molecule has 1 aromatic heterocycles. The summed E-state index contributed by atoms with van der Waals surface area (Å²) in [5.41, 5.74) is 1.55. The van der Waals surface area contributed by atoms with Crippen LogP contribution in [0.15, 0.2) is 59.2 Å². The highest BCUT2D eigenvalue weighted by Gasteiger charge is 2.43. The molecule has 0 saturated carbocycles. The molecule has 2 heterocycles. The molecule has 1 aliphatic rings. The number of hydrogen-bond donors (Lipinski definition) is 1. The summed E-state index contributed by atoms with van der Waals surface area (Å²) in [6, 6.07) is 6.64. The molecule has 186 valence electrons. The topological polar surface area (TPSA) is 121 Å². The van der Waals surface area contributed by atoms with Crippen LogP contribution in [0, 0.1) is 5.92 Å². The van der Waals surface area contributed by atoms with E-state index in [1.54, 1.807) is 38.1 Å². The average molecular weight is 503 g/mol. The van der Waals surface area contributed by atoms with Crippen LogP contribution in [-0.4, -0.2) is 66.7 Å². The summed E-state index contributed by atoms with van der Waals surface area (Å²) in [6.07, 6.45) is 4.41. The Morgan fingerprint density at radius 2 is 2.00 bits per heavy atom. The van der Waals surface area contributed by atoms with Crippen molar-refractivity contribution in [3.8, 4) is 0 Å². The number of aliphatic imine (C=N–C) groups is 1. The maximum Gasteiger partial charge on any atom is 0.336 e. The first-order valence-electron chi connectivity index (χ1n) is 11.0. The molecule has 0 spiro atoms. The molecule has 1 aromatic carbocycles. The second kappa shape index (κ2) is 12.3. The van der Waals surface area contributed by atoms with Crippen molar-refractivity contribution >= 4 is 35.3 Å². The van der Waals surface area contributed by atoms with Gasteiger partial charge >= 0.3 is 18.0 Å². The molecule has 3 rings (SSSR count). The van der Waals surface area contributed by atoms with Gasteiger partial charge in [-0.05, 0) is 25.5 Å². The van der Waals surface area contributed by atoms with Gasteiger partial charge in [0.05, 0.1) is 38.2 Å². The summed E-state index contributed by atoms with van der Waals surface area (Å²) >= 11 is 6.49. The predicted octanol–water partition coefficient (Wildman–Crippen LogP) is 2.98. The van der Waals surface area contributed by atoms with Crippen molar-refractivity contribution < 1.29 is 28.6 Å². The summed E-state index contributed by atoms with van der Waals surface area (Å²) in [7, 11) is 1.28. The minimum absolute atomic E-state index is 0.0404. The van der Waals surface area contributed by atoms with Gasteiger partial charge in [0, 0.05) is 35.6 Å². The summed E-state index contributed by atoms with van der Waals surface area (Å²) in [6.45, 7) is 3.86. The number of aromatic nitrogens is 2. The van der Waals surface area contributed by atoms with Crippen LogP contribution < -0.4 is 5.32 Å². The molecule has 1 amide bonds. The molecule has 2 atom stereocenters. The highest BCUT2D eigenvalue weighted by atomic mass is 35.5. The van der Waals surface area contributed by atoms with Gasteiger partial charge in [0.25, 0.3) is 0 Å². The van der Waals surface area contributed by atoms with E-state index >= 15 is 0 Å². The van der Waals surface area contributed by atoms with Crippen molar-refractivity contribution in [3.63, 3.8) is 0 Å². The zero-order chi connectivity index (χ0) is 25.4. The van der Waals surface area contributed by atoms with E-state index in [1.807, 2.05) is 0 Å². The van der Waals surface area contributed by atoms with E-state index in [0.717, 1.165) is 0 Å². The normalized spacial score (nSPS) is 17.5. The SMILES string of the molecule is CCOC(=O)C1=C(COCCNC(=O)n2ccnc2)N=C(C)C(C(=O)OC)C1c1ccccc1Cl. The van der Waals surface area contributed by atoms with Crippen molar-refractivity contribution in [3.05, 3.63) is 64.8 Å². The lowest BCUT2D eigenvalue weighted by atomic mass is 9.75. The van der Waals surface area contributed by atoms with Gasteiger partial charge in [0.15, 0.2) is 0 Å². The lowest BCUT2D eigenvalue weighted by molar-refractivity contribution is -0.144. The van der Waals surface area contributed by atoms with Crippen LogP contribution >= 0.6 is 11.6 Å². The van der Waals surface area contributed by atoms with Crippen LogP contribution in [0.5, 0.6) is 0 Å². The van der Waals surface area contributed by atoms with Crippen LogP contribution in [-0.2, 0) is 23.8 Å². The molecule has 0 aliphatic carbocycles. The lowest BCUT2D eigenvalue weighted by Gasteiger charge is -2.32. The molecule has 2 unspecified atom stereocenters. The molecule has 0 bridgehead atoms. The number of carbonyl (C=O) groups is 3. The average Bonchev–Trinajstić information content (AvgIpc) is 3.38. The third-order valence-electron chi connectivity index (χ3n) is 5.41. The Morgan fingerprint density at radius 1 is 1.23 bits per heavy atom. The van der Waals surface area contributed by atoms with Gasteiger partial charge in [0.2, 0.25) is 0 Å². The number of ether oxygens (including phenoxy) is 3. The van der Waals surface area contributed by atoms with Crippen LogP contribution in [0.1, 0.15) is 25.3 Å². The summed E-state index contributed by atoms with van der Waals surface area (Å²) in [4.78, 5) is 46.2. The van der Waals surface area contributed by atoms with Crippen molar-refractivity contribution in [1.82, 2.24) is 14.9 Å². The number of benzene rings is 1. The Hall–Kier alpha value is -3.50. The first-order chi connectivity index (χ1) is 16.9. The first-order valence-corrected chi connectivity index (χ1v) is 11.4. The largest absolute Gasteiger partial charge is 0.468 e. The third-order valence-corrected chi connectivity index (χ3v) is 5.75. The monoisotopic (exact) mass is 502 g/mol. The van der Waals surface area contributed by atoms with E-state index in [1.165, 1.54) is 30.4 Å². The zero-order valence-corrected chi connectivity index (χ0v) is 20.4. The van der Waals surface area contributed by atoms with Crippen molar-refractivity contribution in [2.24, 2.45) is 10.9 Å². The highest BCUT2D eigenvalue weighted by Crippen LogP contribution is 2.42. The van der Waals surface area contributed by atoms with Gasteiger partial charge < -0.3 is 19.5 Å². The Kier molecular flexibility index (Phi) is 9.16. The van der Waals surface area contributed by atoms with E-state index in [-0.39, 0.29) is 38.0 Å². The number of rotatable bonds is 9. The number of nitrogens with one attached hydrogen (secondary N) is 1. The molecule has 10 nitrogen and oxygen atoms in total. The standard InChI is InChI=1S/C24H27ClN4O6/c1-4-35-23(31)21-18(13-34-12-10-27-24(32)29-11-9-26-14-29)28-15(2)19(22(30)33-3)20(21)16-7-5-6-8-17(16)25/h5-9,11,14,19-20H,4,10,12-13H2,1-3H3,(H,27,32). The van der Waals surface area contributed by atoms with Gasteiger partial charge in [0.1, 0.15) is 12.2 Å². The fourth-order valence-corrected chi connectivity index (χ4v) is 4.11. The smallest absolute Gasteiger partial charge is 0.336 e. The summed E-state index contributed by atoms with van der Waals surface area (Å²) in [5, 5.41) is 3.09. The van der Waals surface area contributed by atoms with E-state index in [4.69, 9.17) is 25.8 Å². The summed E-state index contributed by atoms with van der Waals surface area (Å²) < 4.78 is 17.4. The minimum Gasteiger partial charge on any atom is -0.468 e. The van der Waals surface area contributed by atoms with Crippen molar-refractivity contribution in [1.29, 1.82) is 0 Å². The molecular formula is C24H27ClN4O6. The van der Waals surface area contributed by atoms with Gasteiger partial charge in [-0.25, -0.2) is 14.6 Å². The molecule has 1 aliphatic heterocycles. The minimum atomic E-state index is -0.863. The second-order valence-corrected chi connectivity index (χ2v) is 8.00. The number of nitrogens with zero attached hydrogens (tertiary/aromatic N) is 3. The number of hydrogen-bond acceptors (Lipinski definition) is 8.